The highest BCUT2D eigenvalue weighted by Crippen LogP contribution is 2.34. The second-order valence-electron chi connectivity index (χ2n) is 7.19. The molecule has 5 heteroatoms. The maximum absolute atomic E-state index is 12.6. The van der Waals surface area contributed by atoms with Crippen LogP contribution < -0.4 is 0 Å². The molecule has 1 aliphatic heterocycles. The number of para-hydroxylation sites is 2. The van der Waals surface area contributed by atoms with E-state index in [0.29, 0.717) is 25.0 Å². The zero-order valence-electron chi connectivity index (χ0n) is 15.0. The molecule has 2 heterocycles. The molecule has 1 aromatic carbocycles. The number of likely N-dealkylation sites (tertiary alicyclic amines) is 1. The number of ether oxygens (including phenoxy) is 1. The van der Waals surface area contributed by atoms with Gasteiger partial charge in [0.1, 0.15) is 5.82 Å². The van der Waals surface area contributed by atoms with Gasteiger partial charge < -0.3 is 14.2 Å². The molecule has 5 nitrogen and oxygen atoms in total. The van der Waals surface area contributed by atoms with E-state index in [9.17, 15) is 4.79 Å². The number of hydrogen-bond acceptors (Lipinski definition) is 3. The van der Waals surface area contributed by atoms with Crippen LogP contribution in [-0.2, 0) is 16.1 Å². The molecular formula is C20H27N3O2. The highest BCUT2D eigenvalue weighted by Gasteiger charge is 2.38. The Morgan fingerprint density at radius 3 is 2.84 bits per heavy atom. The molecule has 2 fully saturated rings. The van der Waals surface area contributed by atoms with Gasteiger partial charge in [-0.3, -0.25) is 4.79 Å². The Kier molecular flexibility index (Phi) is 4.75. The fourth-order valence-corrected chi connectivity index (χ4v) is 4.41. The van der Waals surface area contributed by atoms with E-state index >= 15 is 0 Å². The van der Waals surface area contributed by atoms with Crippen LogP contribution in [0.1, 0.15) is 50.8 Å². The molecule has 0 spiro atoms. The zero-order valence-corrected chi connectivity index (χ0v) is 15.0. The van der Waals surface area contributed by atoms with Gasteiger partial charge in [-0.2, -0.15) is 0 Å². The first-order valence-electron chi connectivity index (χ1n) is 9.60. The Labute approximate surface area is 149 Å². The summed E-state index contributed by atoms with van der Waals surface area (Å²) in [4.78, 5) is 19.6. The minimum atomic E-state index is 0.196. The Morgan fingerprint density at radius 2 is 2.04 bits per heavy atom. The van der Waals surface area contributed by atoms with Gasteiger partial charge in [0, 0.05) is 38.1 Å². The summed E-state index contributed by atoms with van der Waals surface area (Å²) in [6, 6.07) is 8.70. The van der Waals surface area contributed by atoms with Gasteiger partial charge in [0.2, 0.25) is 5.91 Å². The molecule has 2 aromatic rings. The van der Waals surface area contributed by atoms with Crippen molar-refractivity contribution in [3.05, 3.63) is 30.1 Å². The van der Waals surface area contributed by atoms with Crippen LogP contribution in [0.4, 0.5) is 0 Å². The largest absolute Gasteiger partial charge is 0.380 e. The fourth-order valence-electron chi connectivity index (χ4n) is 4.41. The smallest absolute Gasteiger partial charge is 0.223 e. The van der Waals surface area contributed by atoms with E-state index in [2.05, 4.69) is 27.7 Å². The quantitative estimate of drug-likeness (QED) is 0.757. The third-order valence-corrected chi connectivity index (χ3v) is 5.64. The third-order valence-electron chi connectivity index (χ3n) is 5.64. The number of benzene rings is 1. The van der Waals surface area contributed by atoms with Gasteiger partial charge in [0.25, 0.3) is 0 Å². The van der Waals surface area contributed by atoms with Gasteiger partial charge in [0.15, 0.2) is 0 Å². The highest BCUT2D eigenvalue weighted by atomic mass is 16.5. The molecule has 0 N–H and O–H groups in total. The molecule has 2 aliphatic rings. The van der Waals surface area contributed by atoms with E-state index in [1.807, 2.05) is 13.0 Å². The molecule has 25 heavy (non-hydrogen) atoms. The van der Waals surface area contributed by atoms with Crippen molar-refractivity contribution in [2.75, 3.05) is 19.8 Å². The maximum Gasteiger partial charge on any atom is 0.223 e. The number of carbonyl (C=O) groups is 1. The normalized spacial score (nSPS) is 21.7. The van der Waals surface area contributed by atoms with Crippen molar-refractivity contribution in [3.8, 4) is 0 Å². The van der Waals surface area contributed by atoms with Crippen molar-refractivity contribution in [2.45, 2.75) is 57.5 Å². The first-order valence-corrected chi connectivity index (χ1v) is 9.60. The Hall–Kier alpha value is -1.88. The number of hydrogen-bond donors (Lipinski definition) is 0. The molecule has 1 saturated heterocycles. The molecule has 4 rings (SSSR count). The molecule has 1 atom stereocenters. The number of fused-ring (bicyclic) bond motifs is 1. The van der Waals surface area contributed by atoms with Crippen molar-refractivity contribution in [3.63, 3.8) is 0 Å². The second kappa shape index (κ2) is 7.16. The summed E-state index contributed by atoms with van der Waals surface area (Å²) in [6.07, 6.45) is 5.44. The number of rotatable bonds is 6. The van der Waals surface area contributed by atoms with Crippen LogP contribution in [0.25, 0.3) is 11.0 Å². The number of imidazole rings is 1. The van der Waals surface area contributed by atoms with Crippen LogP contribution in [0.5, 0.6) is 0 Å². The lowest BCUT2D eigenvalue weighted by molar-refractivity contribution is -0.129. The Morgan fingerprint density at radius 1 is 1.24 bits per heavy atom. The Balaban J connectivity index is 1.61. The SMILES string of the molecule is CCOCCn1c(C2CC(=O)N(C3CCCC3)C2)nc2ccccc21. The predicted molar refractivity (Wildman–Crippen MR) is 97.6 cm³/mol. The lowest BCUT2D eigenvalue weighted by Gasteiger charge is -2.24. The number of carbonyl (C=O) groups excluding carboxylic acids is 1. The van der Waals surface area contributed by atoms with Crippen molar-refractivity contribution >= 4 is 16.9 Å². The minimum Gasteiger partial charge on any atom is -0.380 e. The highest BCUT2D eigenvalue weighted by molar-refractivity contribution is 5.81. The van der Waals surface area contributed by atoms with Gasteiger partial charge in [-0.15, -0.1) is 0 Å². The van der Waals surface area contributed by atoms with Crippen molar-refractivity contribution in [1.29, 1.82) is 0 Å². The van der Waals surface area contributed by atoms with Gasteiger partial charge in [-0.1, -0.05) is 25.0 Å². The average Bonchev–Trinajstić information content (AvgIpc) is 3.33. The van der Waals surface area contributed by atoms with Crippen molar-refractivity contribution in [1.82, 2.24) is 14.5 Å². The number of amides is 1. The van der Waals surface area contributed by atoms with Gasteiger partial charge in [-0.05, 0) is 31.9 Å². The van der Waals surface area contributed by atoms with E-state index in [1.54, 1.807) is 0 Å². The molecule has 1 saturated carbocycles. The predicted octanol–water partition coefficient (Wildman–Crippen LogP) is 3.33. The van der Waals surface area contributed by atoms with Crippen molar-refractivity contribution < 1.29 is 9.53 Å². The number of aromatic nitrogens is 2. The molecule has 1 aliphatic carbocycles. The summed E-state index contributed by atoms with van der Waals surface area (Å²) in [5, 5.41) is 0. The summed E-state index contributed by atoms with van der Waals surface area (Å²) in [6.45, 7) is 5.03. The Bertz CT molecular complexity index is 748. The monoisotopic (exact) mass is 341 g/mol. The van der Waals surface area contributed by atoms with E-state index in [-0.39, 0.29) is 5.92 Å². The van der Waals surface area contributed by atoms with Gasteiger partial charge >= 0.3 is 0 Å². The summed E-state index contributed by atoms with van der Waals surface area (Å²) >= 11 is 0. The summed E-state index contributed by atoms with van der Waals surface area (Å²) in [5.41, 5.74) is 2.16. The first kappa shape index (κ1) is 16.6. The second-order valence-corrected chi connectivity index (χ2v) is 7.19. The minimum absolute atomic E-state index is 0.196. The van der Waals surface area contributed by atoms with Crippen molar-refractivity contribution in [2.24, 2.45) is 0 Å². The first-order chi connectivity index (χ1) is 12.3. The van der Waals surface area contributed by atoms with Crippen LogP contribution in [0.2, 0.25) is 0 Å². The molecule has 0 radical (unpaired) electrons. The standard InChI is InChI=1S/C20H27N3O2/c1-2-25-12-11-22-18-10-6-5-9-17(18)21-20(22)15-13-19(24)23(14-15)16-7-3-4-8-16/h5-6,9-10,15-16H,2-4,7-8,11-14H2,1H3. The molecule has 1 aromatic heterocycles. The van der Waals surface area contributed by atoms with E-state index in [1.165, 1.54) is 25.7 Å². The fraction of sp³-hybridized carbons (Fsp3) is 0.600. The molecule has 1 amide bonds. The zero-order chi connectivity index (χ0) is 17.2. The molecule has 0 bridgehead atoms. The van der Waals surface area contributed by atoms with Crippen LogP contribution in [0.15, 0.2) is 24.3 Å². The summed E-state index contributed by atoms with van der Waals surface area (Å²) < 4.78 is 7.84. The summed E-state index contributed by atoms with van der Waals surface area (Å²) in [5.74, 6) is 1.55. The molecular weight excluding hydrogens is 314 g/mol. The molecule has 1 unspecified atom stereocenters. The lowest BCUT2D eigenvalue weighted by atomic mass is 10.1. The number of nitrogens with zero attached hydrogens (tertiary/aromatic N) is 3. The maximum atomic E-state index is 12.6. The van der Waals surface area contributed by atoms with E-state index in [4.69, 9.17) is 9.72 Å². The van der Waals surface area contributed by atoms with E-state index in [0.717, 1.165) is 36.6 Å². The topological polar surface area (TPSA) is 47.4 Å². The lowest BCUT2D eigenvalue weighted by Crippen LogP contribution is -2.34. The van der Waals surface area contributed by atoms with Gasteiger partial charge in [-0.25, -0.2) is 4.98 Å². The van der Waals surface area contributed by atoms with Crippen LogP contribution in [0.3, 0.4) is 0 Å². The van der Waals surface area contributed by atoms with Crippen LogP contribution in [0, 0.1) is 0 Å². The van der Waals surface area contributed by atoms with Crippen LogP contribution in [-0.4, -0.2) is 46.2 Å². The van der Waals surface area contributed by atoms with E-state index < -0.39 is 0 Å². The van der Waals surface area contributed by atoms with Gasteiger partial charge in [0.05, 0.1) is 17.6 Å². The average molecular weight is 341 g/mol. The molecule has 134 valence electrons. The summed E-state index contributed by atoms with van der Waals surface area (Å²) in [7, 11) is 0. The van der Waals surface area contributed by atoms with Crippen LogP contribution >= 0.6 is 0 Å². The third kappa shape index (κ3) is 3.17.